The number of nitrogens with two attached hydrogens (primary N) is 1. The van der Waals surface area contributed by atoms with Crippen LogP contribution in [0.25, 0.3) is 0 Å². The minimum absolute atomic E-state index is 0.345. The Labute approximate surface area is 108 Å². The summed E-state index contributed by atoms with van der Waals surface area (Å²) in [6.07, 6.45) is 0.751. The van der Waals surface area contributed by atoms with Crippen molar-refractivity contribution in [3.8, 4) is 0 Å². The fraction of sp³-hybridized carbons (Fsp3) is 0.800. The van der Waals surface area contributed by atoms with E-state index in [2.05, 4.69) is 10.1 Å². The van der Waals surface area contributed by atoms with E-state index in [0.717, 1.165) is 23.8 Å². The highest BCUT2D eigenvalue weighted by Gasteiger charge is 2.38. The first kappa shape index (κ1) is 11.8. The molecule has 2 aliphatic heterocycles. The number of hydrogen-bond donors (Lipinski definition) is 1. The topological polar surface area (TPSA) is 74.2 Å². The Kier molecular flexibility index (Phi) is 3.34. The van der Waals surface area contributed by atoms with Crippen molar-refractivity contribution in [2.45, 2.75) is 17.2 Å². The average Bonchev–Trinajstić information content (AvgIpc) is 2.99. The van der Waals surface area contributed by atoms with Crippen LogP contribution in [0, 0.1) is 0 Å². The van der Waals surface area contributed by atoms with E-state index in [1.165, 1.54) is 5.75 Å². The molecule has 3 heterocycles. The lowest BCUT2D eigenvalue weighted by molar-refractivity contribution is 0.166. The molecule has 0 radical (unpaired) electrons. The van der Waals surface area contributed by atoms with Crippen LogP contribution in [-0.4, -0.2) is 40.6 Å². The van der Waals surface area contributed by atoms with Gasteiger partial charge in [0, 0.05) is 23.9 Å². The quantitative estimate of drug-likeness (QED) is 0.866. The standard InChI is InChI=1S/C10H15N3O2S2/c11-10(1-2-14-6-10)9-12-8(13-15-9)7-5-16-3-4-17-7/h7H,1-6,11H2. The normalized spacial score (nSPS) is 34.1. The van der Waals surface area contributed by atoms with Crippen LogP contribution in [-0.2, 0) is 10.3 Å². The Bertz CT molecular complexity index is 387. The molecule has 94 valence electrons. The van der Waals surface area contributed by atoms with Gasteiger partial charge in [-0.25, -0.2) is 0 Å². The Morgan fingerprint density at radius 2 is 2.35 bits per heavy atom. The van der Waals surface area contributed by atoms with Gasteiger partial charge >= 0.3 is 0 Å². The molecule has 2 saturated heterocycles. The molecule has 0 amide bonds. The summed E-state index contributed by atoms with van der Waals surface area (Å²) in [5.41, 5.74) is 5.62. The summed E-state index contributed by atoms with van der Waals surface area (Å²) in [6, 6.07) is 0. The molecule has 0 saturated carbocycles. The van der Waals surface area contributed by atoms with Crippen molar-refractivity contribution in [1.29, 1.82) is 0 Å². The van der Waals surface area contributed by atoms with Crippen LogP contribution in [0.3, 0.4) is 0 Å². The van der Waals surface area contributed by atoms with Crippen molar-refractivity contribution >= 4 is 23.5 Å². The van der Waals surface area contributed by atoms with Crippen molar-refractivity contribution in [3.05, 3.63) is 11.7 Å². The van der Waals surface area contributed by atoms with Gasteiger partial charge in [-0.05, 0) is 6.42 Å². The summed E-state index contributed by atoms with van der Waals surface area (Å²) in [7, 11) is 0. The summed E-state index contributed by atoms with van der Waals surface area (Å²) in [4.78, 5) is 4.47. The van der Waals surface area contributed by atoms with E-state index in [-0.39, 0.29) is 0 Å². The molecular formula is C10H15N3O2S2. The van der Waals surface area contributed by atoms with Crippen LogP contribution in [0.4, 0.5) is 0 Å². The van der Waals surface area contributed by atoms with Crippen LogP contribution in [0.2, 0.25) is 0 Å². The fourth-order valence-electron chi connectivity index (χ4n) is 1.95. The first-order chi connectivity index (χ1) is 8.28. The van der Waals surface area contributed by atoms with Crippen LogP contribution in [0.5, 0.6) is 0 Å². The minimum Gasteiger partial charge on any atom is -0.379 e. The number of rotatable bonds is 2. The molecule has 2 unspecified atom stereocenters. The van der Waals surface area contributed by atoms with Crippen LogP contribution < -0.4 is 5.73 Å². The van der Waals surface area contributed by atoms with Crippen LogP contribution in [0.1, 0.15) is 23.4 Å². The summed E-state index contributed by atoms with van der Waals surface area (Å²) in [6.45, 7) is 1.14. The van der Waals surface area contributed by atoms with E-state index in [0.29, 0.717) is 24.4 Å². The molecule has 17 heavy (non-hydrogen) atoms. The number of thioether (sulfide) groups is 2. The van der Waals surface area contributed by atoms with Gasteiger partial charge in [0.05, 0.1) is 11.9 Å². The van der Waals surface area contributed by atoms with Gasteiger partial charge in [0.2, 0.25) is 5.89 Å². The second-order valence-corrected chi connectivity index (χ2v) is 6.81. The molecule has 2 fully saturated rings. The molecule has 0 bridgehead atoms. The molecule has 1 aromatic rings. The molecule has 0 aliphatic carbocycles. The van der Waals surface area contributed by atoms with E-state index in [4.69, 9.17) is 15.0 Å². The molecule has 3 rings (SSSR count). The minimum atomic E-state index is -0.572. The second kappa shape index (κ2) is 4.79. The van der Waals surface area contributed by atoms with Gasteiger partial charge in [-0.2, -0.15) is 16.7 Å². The van der Waals surface area contributed by atoms with E-state index in [9.17, 15) is 0 Å². The largest absolute Gasteiger partial charge is 0.379 e. The van der Waals surface area contributed by atoms with Crippen LogP contribution in [0.15, 0.2) is 4.52 Å². The third-order valence-corrected chi connectivity index (χ3v) is 5.77. The Balaban J connectivity index is 1.77. The highest BCUT2D eigenvalue weighted by Crippen LogP contribution is 2.36. The van der Waals surface area contributed by atoms with E-state index >= 15 is 0 Å². The molecule has 5 nitrogen and oxygen atoms in total. The van der Waals surface area contributed by atoms with Crippen molar-refractivity contribution in [3.63, 3.8) is 0 Å². The number of hydrogen-bond acceptors (Lipinski definition) is 7. The van der Waals surface area contributed by atoms with Crippen molar-refractivity contribution < 1.29 is 9.26 Å². The SMILES string of the molecule is NC1(c2nc(C3CSCCS3)no2)CCOC1. The predicted molar refractivity (Wildman–Crippen MR) is 68.1 cm³/mol. The predicted octanol–water partition coefficient (Wildman–Crippen LogP) is 1.17. The summed E-state index contributed by atoms with van der Waals surface area (Å²) in [5, 5.41) is 4.42. The van der Waals surface area contributed by atoms with E-state index < -0.39 is 5.54 Å². The van der Waals surface area contributed by atoms with Gasteiger partial charge in [0.15, 0.2) is 5.82 Å². The molecule has 2 aliphatic rings. The average molecular weight is 273 g/mol. The molecule has 7 heteroatoms. The first-order valence-electron chi connectivity index (χ1n) is 5.68. The number of ether oxygens (including phenoxy) is 1. The van der Waals surface area contributed by atoms with Crippen molar-refractivity contribution in [2.24, 2.45) is 5.73 Å². The lowest BCUT2D eigenvalue weighted by Gasteiger charge is -2.17. The molecule has 0 aromatic carbocycles. The van der Waals surface area contributed by atoms with Crippen molar-refractivity contribution in [2.75, 3.05) is 30.5 Å². The molecular weight excluding hydrogens is 258 g/mol. The Morgan fingerprint density at radius 3 is 3.06 bits per heavy atom. The first-order valence-corrected chi connectivity index (χ1v) is 7.88. The number of aromatic nitrogens is 2. The summed E-state index contributed by atoms with van der Waals surface area (Å²) < 4.78 is 10.6. The van der Waals surface area contributed by atoms with E-state index in [1.54, 1.807) is 0 Å². The zero-order chi connectivity index (χ0) is 11.7. The smallest absolute Gasteiger partial charge is 0.249 e. The van der Waals surface area contributed by atoms with Gasteiger partial charge in [0.25, 0.3) is 0 Å². The lowest BCUT2D eigenvalue weighted by Crippen LogP contribution is -2.37. The third-order valence-electron chi connectivity index (χ3n) is 3.02. The molecule has 1 aromatic heterocycles. The van der Waals surface area contributed by atoms with E-state index in [1.807, 2.05) is 23.5 Å². The van der Waals surface area contributed by atoms with Gasteiger partial charge < -0.3 is 15.0 Å². The summed E-state index contributed by atoms with van der Waals surface area (Å²) in [5.74, 6) is 4.73. The van der Waals surface area contributed by atoms with Gasteiger partial charge in [-0.1, -0.05) is 5.16 Å². The Hall–Kier alpha value is -0.240. The zero-order valence-corrected chi connectivity index (χ0v) is 11.1. The third kappa shape index (κ3) is 2.33. The zero-order valence-electron chi connectivity index (χ0n) is 9.42. The maximum atomic E-state index is 6.19. The highest BCUT2D eigenvalue weighted by atomic mass is 32.2. The monoisotopic (exact) mass is 273 g/mol. The molecule has 2 N–H and O–H groups in total. The second-order valence-electron chi connectivity index (χ2n) is 4.35. The Morgan fingerprint density at radius 1 is 1.41 bits per heavy atom. The maximum Gasteiger partial charge on any atom is 0.249 e. The number of nitrogens with zero attached hydrogens (tertiary/aromatic N) is 2. The lowest BCUT2D eigenvalue weighted by atomic mass is 10.0. The van der Waals surface area contributed by atoms with Crippen LogP contribution >= 0.6 is 23.5 Å². The van der Waals surface area contributed by atoms with Crippen molar-refractivity contribution in [1.82, 2.24) is 10.1 Å². The molecule has 0 spiro atoms. The highest BCUT2D eigenvalue weighted by molar-refractivity contribution is 8.06. The fourth-order valence-corrected chi connectivity index (χ4v) is 4.54. The molecule has 2 atom stereocenters. The maximum absolute atomic E-state index is 6.19. The summed E-state index contributed by atoms with van der Waals surface area (Å²) >= 11 is 3.83. The van der Waals surface area contributed by atoms with Gasteiger partial charge in [0.1, 0.15) is 5.54 Å². The van der Waals surface area contributed by atoms with Gasteiger partial charge in [-0.15, -0.1) is 11.8 Å². The van der Waals surface area contributed by atoms with Gasteiger partial charge in [-0.3, -0.25) is 0 Å².